The molecule has 0 spiro atoms. The number of carbonyl (C=O) groups excluding carboxylic acids is 1. The first-order valence-electron chi connectivity index (χ1n) is 4.90. The highest BCUT2D eigenvalue weighted by atomic mass is 79.9. The maximum absolute atomic E-state index is 11.3. The van der Waals surface area contributed by atoms with Crippen molar-refractivity contribution in [3.63, 3.8) is 0 Å². The molecule has 0 heterocycles. The number of halogens is 3. The van der Waals surface area contributed by atoms with Crippen LogP contribution < -0.4 is 5.73 Å². The van der Waals surface area contributed by atoms with Gasteiger partial charge in [-0.25, -0.2) is 0 Å². The zero-order valence-corrected chi connectivity index (χ0v) is 12.4. The highest BCUT2D eigenvalue weighted by molar-refractivity contribution is 9.10. The Morgan fingerprint density at radius 1 is 1.59 bits per heavy atom. The third-order valence-electron chi connectivity index (χ3n) is 2.05. The van der Waals surface area contributed by atoms with Crippen LogP contribution in [0.25, 0.3) is 0 Å². The van der Waals surface area contributed by atoms with Gasteiger partial charge in [-0.15, -0.1) is 12.4 Å². The van der Waals surface area contributed by atoms with Gasteiger partial charge in [0.1, 0.15) is 0 Å². The van der Waals surface area contributed by atoms with E-state index in [-0.39, 0.29) is 24.8 Å². The van der Waals surface area contributed by atoms with Gasteiger partial charge in [-0.3, -0.25) is 4.79 Å². The second-order valence-corrected chi connectivity index (χ2v) is 4.60. The van der Waals surface area contributed by atoms with E-state index in [9.17, 15) is 4.79 Å². The second kappa shape index (κ2) is 7.93. The summed E-state index contributed by atoms with van der Waals surface area (Å²) in [5.74, 6) is -0.311. The molecule has 0 unspecified atom stereocenters. The van der Waals surface area contributed by atoms with Gasteiger partial charge in [0.2, 0.25) is 0 Å². The minimum Gasteiger partial charge on any atom is -0.466 e. The maximum Gasteiger partial charge on any atom is 0.307 e. The first-order chi connectivity index (χ1) is 7.54. The quantitative estimate of drug-likeness (QED) is 0.852. The standard InChI is InChI=1S/C11H13BrClNO2.ClH/c1-2-16-11(15)6-10(14)8-4-3-7(12)5-9(8)13;/h3-5,10H,2,6,14H2,1H3;1H/t10-;/m1./s1. The monoisotopic (exact) mass is 341 g/mol. The molecule has 2 N–H and O–H groups in total. The molecule has 0 saturated heterocycles. The number of nitrogens with two attached hydrogens (primary N) is 1. The van der Waals surface area contributed by atoms with Crippen molar-refractivity contribution in [2.45, 2.75) is 19.4 Å². The summed E-state index contributed by atoms with van der Waals surface area (Å²) in [6.45, 7) is 2.12. The number of ether oxygens (including phenoxy) is 1. The van der Waals surface area contributed by atoms with E-state index < -0.39 is 6.04 Å². The molecule has 0 aliphatic heterocycles. The second-order valence-electron chi connectivity index (χ2n) is 3.28. The SMILES string of the molecule is CCOC(=O)C[C@@H](N)c1ccc(Br)cc1Cl.Cl. The summed E-state index contributed by atoms with van der Waals surface area (Å²) < 4.78 is 5.71. The molecular weight excluding hydrogens is 329 g/mol. The third-order valence-corrected chi connectivity index (χ3v) is 2.87. The van der Waals surface area contributed by atoms with Gasteiger partial charge in [-0.1, -0.05) is 33.6 Å². The number of hydrogen-bond donors (Lipinski definition) is 1. The molecule has 0 bridgehead atoms. The molecule has 0 saturated carbocycles. The minimum atomic E-state index is -0.431. The normalized spacial score (nSPS) is 11.5. The van der Waals surface area contributed by atoms with Crippen LogP contribution in [0.2, 0.25) is 5.02 Å². The number of esters is 1. The molecule has 6 heteroatoms. The lowest BCUT2D eigenvalue weighted by molar-refractivity contribution is -0.143. The summed E-state index contributed by atoms with van der Waals surface area (Å²) in [5.41, 5.74) is 6.62. The van der Waals surface area contributed by atoms with Crippen molar-refractivity contribution in [1.29, 1.82) is 0 Å². The lowest BCUT2D eigenvalue weighted by Crippen LogP contribution is -2.17. The van der Waals surface area contributed by atoms with Crippen molar-refractivity contribution in [2.75, 3.05) is 6.61 Å². The van der Waals surface area contributed by atoms with Crippen LogP contribution in [0.1, 0.15) is 24.9 Å². The molecule has 0 aromatic heterocycles. The summed E-state index contributed by atoms with van der Waals surface area (Å²) in [7, 11) is 0. The fourth-order valence-electron chi connectivity index (χ4n) is 1.31. The Kier molecular flexibility index (Phi) is 7.79. The summed E-state index contributed by atoms with van der Waals surface area (Å²) >= 11 is 9.33. The van der Waals surface area contributed by atoms with E-state index in [0.29, 0.717) is 11.6 Å². The average molecular weight is 343 g/mol. The number of rotatable bonds is 4. The Hall–Kier alpha value is -0.290. The van der Waals surface area contributed by atoms with Crippen molar-refractivity contribution in [2.24, 2.45) is 5.73 Å². The molecule has 17 heavy (non-hydrogen) atoms. The van der Waals surface area contributed by atoms with Gasteiger partial charge in [-0.05, 0) is 24.6 Å². The minimum absolute atomic E-state index is 0. The molecule has 1 atom stereocenters. The van der Waals surface area contributed by atoms with E-state index in [4.69, 9.17) is 22.1 Å². The first kappa shape index (κ1) is 16.7. The first-order valence-corrected chi connectivity index (χ1v) is 6.07. The predicted molar refractivity (Wildman–Crippen MR) is 74.6 cm³/mol. The van der Waals surface area contributed by atoms with Crippen LogP contribution in [-0.4, -0.2) is 12.6 Å². The van der Waals surface area contributed by atoms with Gasteiger partial charge in [0.05, 0.1) is 13.0 Å². The van der Waals surface area contributed by atoms with Gasteiger partial charge in [-0.2, -0.15) is 0 Å². The lowest BCUT2D eigenvalue weighted by atomic mass is 10.1. The van der Waals surface area contributed by atoms with Crippen molar-refractivity contribution in [3.05, 3.63) is 33.3 Å². The van der Waals surface area contributed by atoms with Gasteiger partial charge in [0.15, 0.2) is 0 Å². The molecule has 1 aromatic carbocycles. The highest BCUT2D eigenvalue weighted by Gasteiger charge is 2.15. The summed E-state index contributed by atoms with van der Waals surface area (Å²) in [6, 6.07) is 4.96. The van der Waals surface area contributed by atoms with E-state index in [1.807, 2.05) is 6.07 Å². The third kappa shape index (κ3) is 5.25. The molecule has 0 aliphatic carbocycles. The fraction of sp³-hybridized carbons (Fsp3) is 0.364. The van der Waals surface area contributed by atoms with Crippen LogP contribution in [-0.2, 0) is 9.53 Å². The molecular formula is C11H14BrCl2NO2. The Morgan fingerprint density at radius 3 is 2.76 bits per heavy atom. The average Bonchev–Trinajstić information content (AvgIpc) is 2.17. The van der Waals surface area contributed by atoms with Gasteiger partial charge < -0.3 is 10.5 Å². The molecule has 0 aliphatic rings. The van der Waals surface area contributed by atoms with Crippen molar-refractivity contribution in [3.8, 4) is 0 Å². The van der Waals surface area contributed by atoms with Crippen molar-refractivity contribution in [1.82, 2.24) is 0 Å². The van der Waals surface area contributed by atoms with Crippen LogP contribution in [0.3, 0.4) is 0 Å². The molecule has 1 rings (SSSR count). The molecule has 1 aromatic rings. The topological polar surface area (TPSA) is 52.3 Å². The number of carbonyl (C=O) groups is 1. The van der Waals surface area contributed by atoms with E-state index in [1.165, 1.54) is 0 Å². The van der Waals surface area contributed by atoms with E-state index in [1.54, 1.807) is 19.1 Å². The molecule has 3 nitrogen and oxygen atoms in total. The summed E-state index contributed by atoms with van der Waals surface area (Å²) in [5, 5.41) is 0.547. The Bertz CT molecular complexity index is 388. The lowest BCUT2D eigenvalue weighted by Gasteiger charge is -2.13. The molecule has 0 fully saturated rings. The van der Waals surface area contributed by atoms with Crippen LogP contribution in [0.5, 0.6) is 0 Å². The fourth-order valence-corrected chi connectivity index (χ4v) is 2.13. The summed E-state index contributed by atoms with van der Waals surface area (Å²) in [6.07, 6.45) is 0.134. The van der Waals surface area contributed by atoms with E-state index >= 15 is 0 Å². The van der Waals surface area contributed by atoms with Crippen LogP contribution in [0.15, 0.2) is 22.7 Å². The molecule has 0 radical (unpaired) electrons. The molecule has 0 amide bonds. The predicted octanol–water partition coefficient (Wildman–Crippen LogP) is 3.48. The van der Waals surface area contributed by atoms with Gasteiger partial charge in [0.25, 0.3) is 0 Å². The van der Waals surface area contributed by atoms with Crippen molar-refractivity contribution >= 4 is 45.9 Å². The van der Waals surface area contributed by atoms with Gasteiger partial charge >= 0.3 is 5.97 Å². The smallest absolute Gasteiger partial charge is 0.307 e. The van der Waals surface area contributed by atoms with Crippen LogP contribution in [0, 0.1) is 0 Å². The van der Waals surface area contributed by atoms with Gasteiger partial charge in [0, 0.05) is 15.5 Å². The summed E-state index contributed by atoms with van der Waals surface area (Å²) in [4.78, 5) is 11.3. The van der Waals surface area contributed by atoms with Crippen LogP contribution >= 0.6 is 39.9 Å². The maximum atomic E-state index is 11.3. The number of benzene rings is 1. The zero-order chi connectivity index (χ0) is 12.1. The van der Waals surface area contributed by atoms with E-state index in [2.05, 4.69) is 15.9 Å². The van der Waals surface area contributed by atoms with Crippen LogP contribution in [0.4, 0.5) is 0 Å². The Balaban J connectivity index is 0.00000256. The molecule has 96 valence electrons. The van der Waals surface area contributed by atoms with Crippen molar-refractivity contribution < 1.29 is 9.53 Å². The Morgan fingerprint density at radius 2 is 2.24 bits per heavy atom. The Labute approximate surface area is 120 Å². The highest BCUT2D eigenvalue weighted by Crippen LogP contribution is 2.27. The van der Waals surface area contributed by atoms with E-state index in [0.717, 1.165) is 10.0 Å². The number of hydrogen-bond acceptors (Lipinski definition) is 3. The largest absolute Gasteiger partial charge is 0.466 e. The zero-order valence-electron chi connectivity index (χ0n) is 9.28.